The van der Waals surface area contributed by atoms with Gasteiger partial charge >= 0.3 is 0 Å². The molecule has 0 fully saturated rings. The standard InChI is InChI=1S/C21H17F2NO2/c22-14-21(25)24(15-16-10-12-17(23)13-11-16)19-8-4-5-9-20(19)26-18-6-2-1-3-7-18/h1-13H,14-15H2. The van der Waals surface area contributed by atoms with Crippen LogP contribution in [0, 0.1) is 5.82 Å². The highest BCUT2D eigenvalue weighted by molar-refractivity contribution is 5.95. The number of rotatable bonds is 6. The number of carbonyl (C=O) groups excluding carboxylic acids is 1. The number of carbonyl (C=O) groups is 1. The van der Waals surface area contributed by atoms with Gasteiger partial charge in [0.2, 0.25) is 0 Å². The van der Waals surface area contributed by atoms with Gasteiger partial charge in [-0.15, -0.1) is 0 Å². The van der Waals surface area contributed by atoms with E-state index >= 15 is 0 Å². The largest absolute Gasteiger partial charge is 0.455 e. The molecule has 0 saturated heterocycles. The van der Waals surface area contributed by atoms with E-state index in [2.05, 4.69) is 0 Å². The minimum absolute atomic E-state index is 0.109. The summed E-state index contributed by atoms with van der Waals surface area (Å²) in [4.78, 5) is 13.5. The molecule has 26 heavy (non-hydrogen) atoms. The van der Waals surface area contributed by atoms with Crippen molar-refractivity contribution in [2.75, 3.05) is 11.6 Å². The van der Waals surface area contributed by atoms with Gasteiger partial charge in [-0.1, -0.05) is 42.5 Å². The molecule has 1 amide bonds. The van der Waals surface area contributed by atoms with Crippen LogP contribution >= 0.6 is 0 Å². The lowest BCUT2D eigenvalue weighted by molar-refractivity contribution is -0.119. The molecule has 0 N–H and O–H groups in total. The summed E-state index contributed by atoms with van der Waals surface area (Å²) in [5, 5.41) is 0. The maximum atomic E-state index is 13.2. The highest BCUT2D eigenvalue weighted by Crippen LogP contribution is 2.33. The highest BCUT2D eigenvalue weighted by atomic mass is 19.1. The fourth-order valence-corrected chi connectivity index (χ4v) is 2.53. The molecule has 0 aliphatic carbocycles. The molecule has 3 aromatic rings. The van der Waals surface area contributed by atoms with Crippen LogP contribution in [0.4, 0.5) is 14.5 Å². The Hall–Kier alpha value is -3.21. The molecular weight excluding hydrogens is 336 g/mol. The Balaban J connectivity index is 1.93. The van der Waals surface area contributed by atoms with Crippen LogP contribution in [0.1, 0.15) is 5.56 Å². The lowest BCUT2D eigenvalue weighted by atomic mass is 10.2. The van der Waals surface area contributed by atoms with Gasteiger partial charge in [0.05, 0.1) is 12.2 Å². The zero-order chi connectivity index (χ0) is 18.4. The molecule has 0 radical (unpaired) electrons. The first-order chi connectivity index (χ1) is 12.7. The lowest BCUT2D eigenvalue weighted by Gasteiger charge is -2.24. The van der Waals surface area contributed by atoms with E-state index in [1.54, 1.807) is 48.5 Å². The number of hydrogen-bond donors (Lipinski definition) is 0. The predicted molar refractivity (Wildman–Crippen MR) is 96.5 cm³/mol. The summed E-state index contributed by atoms with van der Waals surface area (Å²) in [6.45, 7) is -1.03. The summed E-state index contributed by atoms with van der Waals surface area (Å²) in [5.41, 5.74) is 1.13. The van der Waals surface area contributed by atoms with Crippen molar-refractivity contribution in [2.24, 2.45) is 0 Å². The Morgan fingerprint density at radius 1 is 0.885 bits per heavy atom. The second-order valence-electron chi connectivity index (χ2n) is 5.62. The molecule has 0 aromatic heterocycles. The van der Waals surface area contributed by atoms with Crippen LogP contribution < -0.4 is 9.64 Å². The minimum atomic E-state index is -1.14. The number of hydrogen-bond acceptors (Lipinski definition) is 2. The fourth-order valence-electron chi connectivity index (χ4n) is 2.53. The number of amides is 1. The van der Waals surface area contributed by atoms with Crippen LogP contribution in [0.25, 0.3) is 0 Å². The first-order valence-electron chi connectivity index (χ1n) is 8.10. The molecule has 132 valence electrons. The fraction of sp³-hybridized carbons (Fsp3) is 0.0952. The van der Waals surface area contributed by atoms with Crippen molar-refractivity contribution in [1.82, 2.24) is 0 Å². The van der Waals surface area contributed by atoms with Crippen molar-refractivity contribution in [3.05, 3.63) is 90.2 Å². The average Bonchev–Trinajstić information content (AvgIpc) is 2.68. The summed E-state index contributed by atoms with van der Waals surface area (Å²) in [5.74, 6) is -0.0274. The SMILES string of the molecule is O=C(CF)N(Cc1ccc(F)cc1)c1ccccc1Oc1ccccc1. The van der Waals surface area contributed by atoms with E-state index < -0.39 is 12.6 Å². The molecule has 3 rings (SSSR count). The van der Waals surface area contributed by atoms with Crippen LogP contribution in [0.5, 0.6) is 11.5 Å². The van der Waals surface area contributed by atoms with Gasteiger partial charge < -0.3 is 9.64 Å². The van der Waals surface area contributed by atoms with Crippen molar-refractivity contribution in [3.63, 3.8) is 0 Å². The molecule has 3 aromatic carbocycles. The number of ether oxygens (including phenoxy) is 1. The third-order valence-corrected chi connectivity index (χ3v) is 3.80. The molecule has 0 atom stereocenters. The summed E-state index contributed by atoms with van der Waals surface area (Å²) in [6.07, 6.45) is 0. The second kappa shape index (κ2) is 8.25. The summed E-state index contributed by atoms with van der Waals surface area (Å²) >= 11 is 0. The van der Waals surface area contributed by atoms with Gasteiger partial charge in [-0.05, 0) is 42.0 Å². The van der Waals surface area contributed by atoms with Gasteiger partial charge in [-0.3, -0.25) is 4.79 Å². The van der Waals surface area contributed by atoms with E-state index in [9.17, 15) is 13.6 Å². The van der Waals surface area contributed by atoms with Gasteiger partial charge in [0.1, 0.15) is 11.6 Å². The molecule has 0 saturated carbocycles. The van der Waals surface area contributed by atoms with Gasteiger partial charge in [-0.25, -0.2) is 8.78 Å². The molecular formula is C21H17F2NO2. The molecule has 3 nitrogen and oxygen atoms in total. The summed E-state index contributed by atoms with van der Waals surface area (Å²) in [6, 6.07) is 21.8. The topological polar surface area (TPSA) is 29.5 Å². The number of para-hydroxylation sites is 3. The number of nitrogens with zero attached hydrogens (tertiary/aromatic N) is 1. The minimum Gasteiger partial charge on any atom is -0.455 e. The monoisotopic (exact) mass is 353 g/mol. The maximum absolute atomic E-state index is 13.2. The molecule has 0 unspecified atom stereocenters. The molecule has 0 heterocycles. The van der Waals surface area contributed by atoms with Crippen LogP contribution in [0.15, 0.2) is 78.9 Å². The van der Waals surface area contributed by atoms with Crippen LogP contribution in [0.3, 0.4) is 0 Å². The van der Waals surface area contributed by atoms with E-state index in [1.165, 1.54) is 17.0 Å². The zero-order valence-electron chi connectivity index (χ0n) is 13.9. The van der Waals surface area contributed by atoms with Crippen molar-refractivity contribution >= 4 is 11.6 Å². The van der Waals surface area contributed by atoms with Gasteiger partial charge in [0.15, 0.2) is 12.4 Å². The van der Waals surface area contributed by atoms with E-state index in [4.69, 9.17) is 4.74 Å². The molecule has 5 heteroatoms. The van der Waals surface area contributed by atoms with Crippen molar-refractivity contribution in [2.45, 2.75) is 6.54 Å². The Kier molecular flexibility index (Phi) is 5.59. The van der Waals surface area contributed by atoms with Crippen LogP contribution in [-0.4, -0.2) is 12.6 Å². The Labute approximate surface area is 150 Å². The second-order valence-corrected chi connectivity index (χ2v) is 5.62. The van der Waals surface area contributed by atoms with E-state index in [-0.39, 0.29) is 12.4 Å². The Morgan fingerprint density at radius 3 is 2.23 bits per heavy atom. The zero-order valence-corrected chi connectivity index (χ0v) is 13.9. The van der Waals surface area contributed by atoms with Gasteiger partial charge in [-0.2, -0.15) is 0 Å². The smallest absolute Gasteiger partial charge is 0.258 e. The van der Waals surface area contributed by atoms with Crippen molar-refractivity contribution < 1.29 is 18.3 Å². The van der Waals surface area contributed by atoms with E-state index in [1.807, 2.05) is 18.2 Å². The predicted octanol–water partition coefficient (Wildman–Crippen LogP) is 5.12. The molecule has 0 spiro atoms. The summed E-state index contributed by atoms with van der Waals surface area (Å²) < 4.78 is 32.1. The van der Waals surface area contributed by atoms with Crippen molar-refractivity contribution in [1.29, 1.82) is 0 Å². The number of benzene rings is 3. The van der Waals surface area contributed by atoms with Crippen LogP contribution in [0.2, 0.25) is 0 Å². The first-order valence-corrected chi connectivity index (χ1v) is 8.10. The number of alkyl halides is 1. The third-order valence-electron chi connectivity index (χ3n) is 3.80. The highest BCUT2D eigenvalue weighted by Gasteiger charge is 2.20. The lowest BCUT2D eigenvalue weighted by Crippen LogP contribution is -2.31. The number of anilines is 1. The molecule has 0 aliphatic heterocycles. The number of halogens is 2. The molecule has 0 aliphatic rings. The van der Waals surface area contributed by atoms with Gasteiger partial charge in [0, 0.05) is 0 Å². The average molecular weight is 353 g/mol. The van der Waals surface area contributed by atoms with Crippen LogP contribution in [-0.2, 0) is 11.3 Å². The Morgan fingerprint density at radius 2 is 1.54 bits per heavy atom. The summed E-state index contributed by atoms with van der Waals surface area (Å²) in [7, 11) is 0. The molecule has 0 bridgehead atoms. The van der Waals surface area contributed by atoms with E-state index in [0.717, 1.165) is 0 Å². The first kappa shape index (κ1) is 17.6. The maximum Gasteiger partial charge on any atom is 0.258 e. The Bertz CT molecular complexity index is 867. The third kappa shape index (κ3) is 4.25. The van der Waals surface area contributed by atoms with E-state index in [0.29, 0.717) is 22.7 Å². The van der Waals surface area contributed by atoms with Crippen molar-refractivity contribution in [3.8, 4) is 11.5 Å². The quantitative estimate of drug-likeness (QED) is 0.615. The van der Waals surface area contributed by atoms with Gasteiger partial charge in [0.25, 0.3) is 5.91 Å². The normalized spacial score (nSPS) is 10.4.